The molecule has 1 aromatic heterocycles. The van der Waals surface area contributed by atoms with Crippen LogP contribution in [-0.2, 0) is 18.3 Å². The van der Waals surface area contributed by atoms with Gasteiger partial charge in [0.15, 0.2) is 0 Å². The molecular formula is C11H16N4O5. The fraction of sp³-hybridized carbons (Fsp3) is 0.545. The summed E-state index contributed by atoms with van der Waals surface area (Å²) in [4.78, 5) is 33.1. The lowest BCUT2D eigenvalue weighted by molar-refractivity contribution is -0.385. The SMILES string of the molecule is CCCc1nn(C)c(C(=O)NC(C)C(=O)O)c1[N+](=O)[O-]. The van der Waals surface area contributed by atoms with E-state index in [1.54, 1.807) is 0 Å². The first-order chi connectivity index (χ1) is 9.29. The fourth-order valence-electron chi connectivity index (χ4n) is 1.75. The summed E-state index contributed by atoms with van der Waals surface area (Å²) >= 11 is 0. The van der Waals surface area contributed by atoms with Crippen LogP contribution in [0.5, 0.6) is 0 Å². The van der Waals surface area contributed by atoms with Gasteiger partial charge in [-0.05, 0) is 13.3 Å². The fourth-order valence-corrected chi connectivity index (χ4v) is 1.75. The summed E-state index contributed by atoms with van der Waals surface area (Å²) in [5.74, 6) is -2.05. The highest BCUT2D eigenvalue weighted by atomic mass is 16.6. The van der Waals surface area contributed by atoms with E-state index in [9.17, 15) is 19.7 Å². The molecule has 0 spiro atoms. The van der Waals surface area contributed by atoms with Gasteiger partial charge >= 0.3 is 11.7 Å². The molecule has 0 aromatic carbocycles. The Kier molecular flexibility index (Phi) is 4.78. The van der Waals surface area contributed by atoms with Crippen LogP contribution in [0.4, 0.5) is 5.69 Å². The van der Waals surface area contributed by atoms with E-state index in [0.717, 1.165) is 4.68 Å². The van der Waals surface area contributed by atoms with Crippen LogP contribution in [0.15, 0.2) is 0 Å². The number of rotatable bonds is 6. The van der Waals surface area contributed by atoms with E-state index in [4.69, 9.17) is 5.11 Å². The van der Waals surface area contributed by atoms with Gasteiger partial charge in [0.05, 0.1) is 4.92 Å². The van der Waals surface area contributed by atoms with Gasteiger partial charge in [0, 0.05) is 7.05 Å². The van der Waals surface area contributed by atoms with Gasteiger partial charge in [-0.1, -0.05) is 13.3 Å². The molecule has 2 N–H and O–H groups in total. The minimum Gasteiger partial charge on any atom is -0.480 e. The van der Waals surface area contributed by atoms with Gasteiger partial charge in [-0.3, -0.25) is 24.4 Å². The minimum atomic E-state index is -1.23. The van der Waals surface area contributed by atoms with Gasteiger partial charge in [0.1, 0.15) is 11.7 Å². The number of aryl methyl sites for hydroxylation is 2. The van der Waals surface area contributed by atoms with Crippen LogP contribution in [0.2, 0.25) is 0 Å². The summed E-state index contributed by atoms with van der Waals surface area (Å²) in [6, 6.07) is -1.15. The van der Waals surface area contributed by atoms with E-state index in [0.29, 0.717) is 12.8 Å². The Balaban J connectivity index is 3.19. The van der Waals surface area contributed by atoms with Crippen LogP contribution >= 0.6 is 0 Å². The molecule has 1 amide bonds. The molecule has 0 aliphatic carbocycles. The number of aromatic nitrogens is 2. The summed E-state index contributed by atoms with van der Waals surface area (Å²) in [6.45, 7) is 3.11. The molecule has 0 aliphatic heterocycles. The van der Waals surface area contributed by atoms with Gasteiger partial charge < -0.3 is 10.4 Å². The van der Waals surface area contributed by atoms with Crippen molar-refractivity contribution in [3.63, 3.8) is 0 Å². The second-order valence-electron chi connectivity index (χ2n) is 4.31. The van der Waals surface area contributed by atoms with Gasteiger partial charge in [-0.25, -0.2) is 0 Å². The molecule has 0 aliphatic rings. The molecule has 1 rings (SSSR count). The van der Waals surface area contributed by atoms with Crippen molar-refractivity contribution in [1.29, 1.82) is 0 Å². The lowest BCUT2D eigenvalue weighted by atomic mass is 10.2. The summed E-state index contributed by atoms with van der Waals surface area (Å²) in [7, 11) is 1.41. The highest BCUT2D eigenvalue weighted by Crippen LogP contribution is 2.24. The number of amides is 1. The number of carboxylic acid groups (broad SMARTS) is 1. The maximum atomic E-state index is 12.0. The first kappa shape index (κ1) is 15.6. The molecule has 110 valence electrons. The zero-order valence-electron chi connectivity index (χ0n) is 11.4. The van der Waals surface area contributed by atoms with Gasteiger partial charge in [0.2, 0.25) is 5.69 Å². The quantitative estimate of drug-likeness (QED) is 0.577. The molecular weight excluding hydrogens is 268 g/mol. The molecule has 1 heterocycles. The Bertz CT molecular complexity index is 551. The van der Waals surface area contributed by atoms with E-state index in [1.165, 1.54) is 14.0 Å². The topological polar surface area (TPSA) is 127 Å². The summed E-state index contributed by atoms with van der Waals surface area (Å²) in [6.07, 6.45) is 1.01. The molecule has 0 saturated heterocycles. The Morgan fingerprint density at radius 1 is 1.55 bits per heavy atom. The molecule has 20 heavy (non-hydrogen) atoms. The van der Waals surface area contributed by atoms with Crippen molar-refractivity contribution in [2.45, 2.75) is 32.7 Å². The van der Waals surface area contributed by atoms with Gasteiger partial charge in [-0.2, -0.15) is 5.10 Å². The third kappa shape index (κ3) is 3.11. The van der Waals surface area contributed by atoms with Crippen molar-refractivity contribution in [1.82, 2.24) is 15.1 Å². The largest absolute Gasteiger partial charge is 0.480 e. The highest BCUT2D eigenvalue weighted by molar-refractivity contribution is 5.98. The zero-order chi connectivity index (χ0) is 15.4. The van der Waals surface area contributed by atoms with Gasteiger partial charge in [-0.15, -0.1) is 0 Å². The summed E-state index contributed by atoms with van der Waals surface area (Å²) < 4.78 is 1.10. The third-order valence-corrected chi connectivity index (χ3v) is 2.69. The van der Waals surface area contributed by atoms with Crippen LogP contribution in [-0.4, -0.2) is 37.7 Å². The van der Waals surface area contributed by atoms with Crippen LogP contribution in [0.3, 0.4) is 0 Å². The molecule has 1 atom stereocenters. The number of hydrogen-bond donors (Lipinski definition) is 2. The van der Waals surface area contributed by atoms with Crippen molar-refractivity contribution >= 4 is 17.6 Å². The lowest BCUT2D eigenvalue weighted by Gasteiger charge is -2.08. The molecule has 9 nitrogen and oxygen atoms in total. The molecule has 0 bridgehead atoms. The number of carboxylic acids is 1. The number of carbonyl (C=O) groups is 2. The van der Waals surface area contributed by atoms with Crippen molar-refractivity contribution in [2.24, 2.45) is 7.05 Å². The van der Waals surface area contributed by atoms with Crippen molar-refractivity contribution in [3.05, 3.63) is 21.5 Å². The summed E-state index contributed by atoms with van der Waals surface area (Å²) in [5.41, 5.74) is -0.399. The maximum absolute atomic E-state index is 12.0. The monoisotopic (exact) mass is 284 g/mol. The minimum absolute atomic E-state index is 0.216. The van der Waals surface area contributed by atoms with Crippen LogP contribution < -0.4 is 5.32 Å². The Labute approximate surface area is 114 Å². The number of nitrogens with zero attached hydrogens (tertiary/aromatic N) is 3. The van der Waals surface area contributed by atoms with Crippen molar-refractivity contribution < 1.29 is 19.6 Å². The average Bonchev–Trinajstić information content (AvgIpc) is 2.66. The molecule has 9 heteroatoms. The van der Waals surface area contributed by atoms with Crippen LogP contribution in [0.1, 0.15) is 36.5 Å². The molecule has 0 radical (unpaired) electrons. The predicted octanol–water partition coefficient (Wildman–Crippen LogP) is 0.484. The lowest BCUT2D eigenvalue weighted by Crippen LogP contribution is -2.39. The standard InChI is InChI=1S/C11H16N4O5/c1-4-5-7-8(15(19)20)9(14(3)13-7)10(16)12-6(2)11(17)18/h6H,4-5H2,1-3H3,(H,12,16)(H,17,18). The third-order valence-electron chi connectivity index (χ3n) is 2.69. The van der Waals surface area contributed by atoms with E-state index in [1.807, 2.05) is 6.92 Å². The van der Waals surface area contributed by atoms with E-state index < -0.39 is 22.8 Å². The predicted molar refractivity (Wildman–Crippen MR) is 68.4 cm³/mol. The number of carbonyl (C=O) groups excluding carboxylic acids is 1. The molecule has 1 unspecified atom stereocenters. The second-order valence-corrected chi connectivity index (χ2v) is 4.31. The Hall–Kier alpha value is -2.45. The average molecular weight is 284 g/mol. The van der Waals surface area contributed by atoms with E-state index in [2.05, 4.69) is 10.4 Å². The van der Waals surface area contributed by atoms with Crippen LogP contribution in [0, 0.1) is 10.1 Å². The maximum Gasteiger partial charge on any atom is 0.325 e. The van der Waals surface area contributed by atoms with E-state index >= 15 is 0 Å². The highest BCUT2D eigenvalue weighted by Gasteiger charge is 2.31. The smallest absolute Gasteiger partial charge is 0.325 e. The number of hydrogen-bond acceptors (Lipinski definition) is 5. The Morgan fingerprint density at radius 2 is 2.15 bits per heavy atom. The van der Waals surface area contributed by atoms with Crippen LogP contribution in [0.25, 0.3) is 0 Å². The molecule has 1 aromatic rings. The number of aliphatic carboxylic acids is 1. The van der Waals surface area contributed by atoms with E-state index in [-0.39, 0.29) is 17.1 Å². The zero-order valence-corrected chi connectivity index (χ0v) is 11.4. The first-order valence-electron chi connectivity index (χ1n) is 6.03. The molecule has 0 saturated carbocycles. The normalized spacial score (nSPS) is 11.9. The summed E-state index contributed by atoms with van der Waals surface area (Å²) in [5, 5.41) is 26.0. The van der Waals surface area contributed by atoms with Crippen molar-refractivity contribution in [3.8, 4) is 0 Å². The van der Waals surface area contributed by atoms with Crippen molar-refractivity contribution in [2.75, 3.05) is 0 Å². The second kappa shape index (κ2) is 6.13. The number of nitrogens with one attached hydrogen (secondary N) is 1. The molecule has 0 fully saturated rings. The Morgan fingerprint density at radius 3 is 2.60 bits per heavy atom. The number of nitro groups is 1. The van der Waals surface area contributed by atoms with Gasteiger partial charge in [0.25, 0.3) is 5.91 Å². The first-order valence-corrected chi connectivity index (χ1v) is 6.03.